The Bertz CT molecular complexity index is 487. The van der Waals surface area contributed by atoms with Gasteiger partial charge >= 0.3 is 0 Å². The molecule has 29 heavy (non-hydrogen) atoms. The molecular weight excluding hydrogens is 360 g/mol. The van der Waals surface area contributed by atoms with Crippen molar-refractivity contribution in [1.29, 1.82) is 0 Å². The average Bonchev–Trinajstić information content (AvgIpc) is 2.72. The summed E-state index contributed by atoms with van der Waals surface area (Å²) in [6.07, 6.45) is 21.7. The van der Waals surface area contributed by atoms with Crippen molar-refractivity contribution in [3.05, 3.63) is 23.8 Å². The van der Waals surface area contributed by atoms with Crippen LogP contribution in [0.15, 0.2) is 18.2 Å². The average molecular weight is 407 g/mol. The van der Waals surface area contributed by atoms with E-state index >= 15 is 0 Å². The number of phenolic OH excluding ortho intramolecular Hbond substituents is 2. The number of hydrogen-bond acceptors (Lipinski definition) is 3. The Kier molecular flexibility index (Phi) is 16.7. The highest BCUT2D eigenvalue weighted by atomic mass is 16.5. The smallest absolute Gasteiger partial charge is 0.160 e. The number of aromatic hydroxyl groups is 2. The summed E-state index contributed by atoms with van der Waals surface area (Å²) < 4.78 is 5.76. The highest BCUT2D eigenvalue weighted by Crippen LogP contribution is 2.29. The third-order valence-electron chi connectivity index (χ3n) is 5.73. The SMILES string of the molecule is CCCCCCCCCCOCCCCCCCCCCc1cccc(O)c1O. The molecule has 0 aliphatic carbocycles. The topological polar surface area (TPSA) is 49.7 Å². The quantitative estimate of drug-likeness (QED) is 0.171. The molecular formula is C26H46O3. The second kappa shape index (κ2) is 18.8. The van der Waals surface area contributed by atoms with Gasteiger partial charge in [0.1, 0.15) is 0 Å². The first-order valence-electron chi connectivity index (χ1n) is 12.3. The normalized spacial score (nSPS) is 11.2. The summed E-state index contributed by atoms with van der Waals surface area (Å²) in [4.78, 5) is 0. The molecule has 0 radical (unpaired) electrons. The number of ether oxygens (including phenoxy) is 1. The molecule has 3 nitrogen and oxygen atoms in total. The first-order chi connectivity index (χ1) is 14.3. The van der Waals surface area contributed by atoms with Crippen LogP contribution in [0.5, 0.6) is 11.5 Å². The monoisotopic (exact) mass is 406 g/mol. The number of unbranched alkanes of at least 4 members (excludes halogenated alkanes) is 14. The summed E-state index contributed by atoms with van der Waals surface area (Å²) in [5.41, 5.74) is 0.858. The van der Waals surface area contributed by atoms with Crippen LogP contribution in [0.4, 0.5) is 0 Å². The molecule has 1 rings (SSSR count). The molecule has 0 aromatic heterocycles. The van der Waals surface area contributed by atoms with Gasteiger partial charge in [-0.1, -0.05) is 103 Å². The molecule has 2 N–H and O–H groups in total. The van der Waals surface area contributed by atoms with E-state index in [1.807, 2.05) is 6.07 Å². The van der Waals surface area contributed by atoms with Crippen molar-refractivity contribution in [3.8, 4) is 11.5 Å². The van der Waals surface area contributed by atoms with Gasteiger partial charge in [-0.05, 0) is 37.3 Å². The molecule has 0 saturated heterocycles. The van der Waals surface area contributed by atoms with Crippen LogP contribution >= 0.6 is 0 Å². The van der Waals surface area contributed by atoms with Crippen LogP contribution < -0.4 is 0 Å². The van der Waals surface area contributed by atoms with E-state index in [0.29, 0.717) is 0 Å². The summed E-state index contributed by atoms with van der Waals surface area (Å²) in [5, 5.41) is 19.3. The Morgan fingerprint density at radius 3 is 1.66 bits per heavy atom. The van der Waals surface area contributed by atoms with E-state index in [0.717, 1.165) is 31.6 Å². The van der Waals surface area contributed by atoms with Crippen LogP contribution in [-0.2, 0) is 11.2 Å². The van der Waals surface area contributed by atoms with E-state index in [1.165, 1.54) is 102 Å². The van der Waals surface area contributed by atoms with Crippen LogP contribution in [0.25, 0.3) is 0 Å². The van der Waals surface area contributed by atoms with Gasteiger partial charge in [-0.25, -0.2) is 0 Å². The maximum absolute atomic E-state index is 9.79. The Hall–Kier alpha value is -1.22. The molecule has 0 unspecified atom stereocenters. The van der Waals surface area contributed by atoms with Crippen LogP contribution in [0.2, 0.25) is 0 Å². The first-order valence-corrected chi connectivity index (χ1v) is 12.3. The van der Waals surface area contributed by atoms with E-state index in [2.05, 4.69) is 6.92 Å². The van der Waals surface area contributed by atoms with E-state index in [9.17, 15) is 10.2 Å². The van der Waals surface area contributed by atoms with Gasteiger partial charge in [-0.3, -0.25) is 0 Å². The number of benzene rings is 1. The zero-order valence-corrected chi connectivity index (χ0v) is 19.0. The van der Waals surface area contributed by atoms with Gasteiger partial charge in [0, 0.05) is 13.2 Å². The van der Waals surface area contributed by atoms with Crippen molar-refractivity contribution in [2.45, 2.75) is 116 Å². The lowest BCUT2D eigenvalue weighted by molar-refractivity contribution is 0.125. The zero-order chi connectivity index (χ0) is 21.0. The molecule has 0 amide bonds. The molecule has 0 saturated carbocycles. The lowest BCUT2D eigenvalue weighted by atomic mass is 10.0. The first kappa shape index (κ1) is 25.8. The summed E-state index contributed by atoms with van der Waals surface area (Å²) in [6.45, 7) is 4.15. The Morgan fingerprint density at radius 2 is 1.10 bits per heavy atom. The fourth-order valence-corrected chi connectivity index (χ4v) is 3.80. The summed E-state index contributed by atoms with van der Waals surface area (Å²) in [5.74, 6) is 0.0430. The Labute approximate surface area is 179 Å². The van der Waals surface area contributed by atoms with Gasteiger partial charge in [0.2, 0.25) is 0 Å². The molecule has 168 valence electrons. The largest absolute Gasteiger partial charge is 0.504 e. The van der Waals surface area contributed by atoms with Crippen molar-refractivity contribution >= 4 is 0 Å². The van der Waals surface area contributed by atoms with E-state index in [4.69, 9.17) is 4.74 Å². The minimum atomic E-state index is -0.00992. The van der Waals surface area contributed by atoms with Crippen molar-refractivity contribution < 1.29 is 14.9 Å². The van der Waals surface area contributed by atoms with Gasteiger partial charge in [0.15, 0.2) is 11.5 Å². The number of phenols is 2. The van der Waals surface area contributed by atoms with Crippen molar-refractivity contribution in [2.24, 2.45) is 0 Å². The van der Waals surface area contributed by atoms with Crippen LogP contribution in [-0.4, -0.2) is 23.4 Å². The number of rotatable bonds is 20. The van der Waals surface area contributed by atoms with Crippen molar-refractivity contribution in [1.82, 2.24) is 0 Å². The molecule has 1 aromatic rings. The molecule has 0 heterocycles. The molecule has 0 aliphatic heterocycles. The fourth-order valence-electron chi connectivity index (χ4n) is 3.80. The van der Waals surface area contributed by atoms with Crippen LogP contribution in [0.3, 0.4) is 0 Å². The molecule has 0 aliphatic rings. The third kappa shape index (κ3) is 14.4. The minimum absolute atomic E-state index is 0.00992. The lowest BCUT2D eigenvalue weighted by Gasteiger charge is -2.06. The van der Waals surface area contributed by atoms with E-state index in [1.54, 1.807) is 6.07 Å². The Morgan fingerprint density at radius 1 is 0.621 bits per heavy atom. The molecule has 1 aromatic carbocycles. The zero-order valence-electron chi connectivity index (χ0n) is 19.0. The predicted octanol–water partition coefficient (Wildman–Crippen LogP) is 7.92. The molecule has 0 atom stereocenters. The molecule has 0 spiro atoms. The predicted molar refractivity (Wildman–Crippen MR) is 124 cm³/mol. The lowest BCUT2D eigenvalue weighted by Crippen LogP contribution is -1.97. The van der Waals surface area contributed by atoms with E-state index < -0.39 is 0 Å². The minimum Gasteiger partial charge on any atom is -0.504 e. The van der Waals surface area contributed by atoms with Crippen LogP contribution in [0.1, 0.15) is 115 Å². The second-order valence-corrected chi connectivity index (χ2v) is 8.45. The van der Waals surface area contributed by atoms with Gasteiger partial charge in [-0.15, -0.1) is 0 Å². The number of aryl methyl sites for hydroxylation is 1. The van der Waals surface area contributed by atoms with Gasteiger partial charge in [-0.2, -0.15) is 0 Å². The van der Waals surface area contributed by atoms with E-state index in [-0.39, 0.29) is 11.5 Å². The van der Waals surface area contributed by atoms with Crippen molar-refractivity contribution in [3.63, 3.8) is 0 Å². The summed E-state index contributed by atoms with van der Waals surface area (Å²) in [6, 6.07) is 5.22. The third-order valence-corrected chi connectivity index (χ3v) is 5.73. The summed E-state index contributed by atoms with van der Waals surface area (Å²) >= 11 is 0. The van der Waals surface area contributed by atoms with Gasteiger partial charge < -0.3 is 14.9 Å². The molecule has 0 bridgehead atoms. The highest BCUT2D eigenvalue weighted by Gasteiger charge is 2.04. The van der Waals surface area contributed by atoms with Gasteiger partial charge in [0.25, 0.3) is 0 Å². The Balaban J connectivity index is 1.75. The summed E-state index contributed by atoms with van der Waals surface area (Å²) in [7, 11) is 0. The maximum Gasteiger partial charge on any atom is 0.160 e. The molecule has 0 fully saturated rings. The number of para-hydroxylation sites is 1. The van der Waals surface area contributed by atoms with Crippen LogP contribution in [0, 0.1) is 0 Å². The van der Waals surface area contributed by atoms with Gasteiger partial charge in [0.05, 0.1) is 0 Å². The fraction of sp³-hybridized carbons (Fsp3) is 0.769. The maximum atomic E-state index is 9.79. The number of hydrogen-bond donors (Lipinski definition) is 2. The second-order valence-electron chi connectivity index (χ2n) is 8.45. The molecule has 3 heteroatoms. The highest BCUT2D eigenvalue weighted by molar-refractivity contribution is 5.44. The standard InChI is InChI=1S/C26H46O3/c1-2-3-4-5-6-10-13-16-22-29-23-17-14-11-8-7-9-12-15-19-24-20-18-21-25(27)26(24)28/h18,20-21,27-28H,2-17,19,22-23H2,1H3. The van der Waals surface area contributed by atoms with Crippen molar-refractivity contribution in [2.75, 3.05) is 13.2 Å².